The number of hydrogen-bond donors (Lipinski definition) is 0. The van der Waals surface area contributed by atoms with E-state index in [9.17, 15) is 0 Å². The molecule has 0 spiro atoms. The van der Waals surface area contributed by atoms with Crippen LogP contribution >= 0.6 is 31.9 Å². The van der Waals surface area contributed by atoms with Crippen LogP contribution in [0.2, 0.25) is 0 Å². The molecule has 86 valence electrons. The second kappa shape index (κ2) is 12.0. The van der Waals surface area contributed by atoms with Crippen molar-refractivity contribution in [3.8, 4) is 0 Å². The van der Waals surface area contributed by atoms with Gasteiger partial charge in [0.05, 0.1) is 0 Å². The van der Waals surface area contributed by atoms with Gasteiger partial charge in [0.2, 0.25) is 0 Å². The topological polar surface area (TPSA) is 0 Å². The highest BCUT2D eigenvalue weighted by molar-refractivity contribution is 9.12. The maximum atomic E-state index is 3.63. The van der Waals surface area contributed by atoms with Gasteiger partial charge in [-0.2, -0.15) is 0 Å². The molecule has 0 heterocycles. The average molecular weight is 328 g/mol. The normalized spacial score (nSPS) is 13.1. The molecule has 0 rings (SSSR count). The van der Waals surface area contributed by atoms with Crippen LogP contribution in [-0.2, 0) is 0 Å². The Balaban J connectivity index is 2.92. The summed E-state index contributed by atoms with van der Waals surface area (Å²) in [6.45, 7) is 2.27. The van der Waals surface area contributed by atoms with Crippen LogP contribution < -0.4 is 0 Å². The van der Waals surface area contributed by atoms with Gasteiger partial charge in [0.15, 0.2) is 0 Å². The van der Waals surface area contributed by atoms with E-state index in [4.69, 9.17) is 0 Å². The van der Waals surface area contributed by atoms with Crippen LogP contribution in [0.25, 0.3) is 0 Å². The maximum Gasteiger partial charge on any atom is 0.0242 e. The molecule has 0 aliphatic carbocycles. The third-order valence-corrected chi connectivity index (χ3v) is 4.97. The van der Waals surface area contributed by atoms with Crippen LogP contribution in [0.4, 0.5) is 0 Å². The Hall–Kier alpha value is 0.960. The van der Waals surface area contributed by atoms with Gasteiger partial charge in [-0.05, 0) is 6.42 Å². The van der Waals surface area contributed by atoms with E-state index < -0.39 is 0 Å². The molecule has 0 radical (unpaired) electrons. The summed E-state index contributed by atoms with van der Waals surface area (Å²) >= 11 is 7.11. The van der Waals surface area contributed by atoms with Crippen molar-refractivity contribution in [1.29, 1.82) is 0 Å². The molecule has 0 fully saturated rings. The molecule has 0 aromatic carbocycles. The zero-order chi connectivity index (χ0) is 10.6. The zero-order valence-electron chi connectivity index (χ0n) is 9.40. The van der Waals surface area contributed by atoms with Crippen LogP contribution in [0.5, 0.6) is 0 Å². The molecule has 0 aliphatic rings. The lowest BCUT2D eigenvalue weighted by atomic mass is 10.1. The van der Waals surface area contributed by atoms with E-state index >= 15 is 0 Å². The van der Waals surface area contributed by atoms with E-state index in [1.54, 1.807) is 0 Å². The molecule has 0 amide bonds. The summed E-state index contributed by atoms with van der Waals surface area (Å²) < 4.78 is 0. The Bertz CT molecular complexity index is 104. The minimum Gasteiger partial charge on any atom is -0.0916 e. The first kappa shape index (κ1) is 15.0. The van der Waals surface area contributed by atoms with Crippen LogP contribution in [0.3, 0.4) is 0 Å². The van der Waals surface area contributed by atoms with Crippen molar-refractivity contribution < 1.29 is 0 Å². The van der Waals surface area contributed by atoms with Gasteiger partial charge < -0.3 is 0 Å². The van der Waals surface area contributed by atoms with Gasteiger partial charge in [-0.25, -0.2) is 0 Å². The summed E-state index contributed by atoms with van der Waals surface area (Å²) in [5, 5.41) is 1.09. The van der Waals surface area contributed by atoms with E-state index in [0.717, 1.165) is 5.33 Å². The second-order valence-electron chi connectivity index (χ2n) is 4.02. The van der Waals surface area contributed by atoms with E-state index in [2.05, 4.69) is 38.8 Å². The molecular weight excluding hydrogens is 304 g/mol. The SMILES string of the molecule is CCCCCCCCCC[C@H](Br)CBr. The lowest BCUT2D eigenvalue weighted by molar-refractivity contribution is 0.566. The monoisotopic (exact) mass is 326 g/mol. The predicted molar refractivity (Wildman–Crippen MR) is 73.7 cm³/mol. The molecule has 0 bridgehead atoms. The first-order valence-electron chi connectivity index (χ1n) is 6.01. The number of unbranched alkanes of at least 4 members (excludes halogenated alkanes) is 7. The summed E-state index contributed by atoms with van der Waals surface area (Å²) in [6, 6.07) is 0. The van der Waals surface area contributed by atoms with Crippen molar-refractivity contribution in [2.75, 3.05) is 5.33 Å². The molecule has 0 saturated carbocycles. The Morgan fingerprint density at radius 1 is 0.857 bits per heavy atom. The molecule has 0 saturated heterocycles. The lowest BCUT2D eigenvalue weighted by Crippen LogP contribution is -1.97. The zero-order valence-corrected chi connectivity index (χ0v) is 12.6. The summed E-state index contributed by atoms with van der Waals surface area (Å²) in [4.78, 5) is 0.683. The summed E-state index contributed by atoms with van der Waals surface area (Å²) in [6.07, 6.45) is 12.7. The predicted octanol–water partition coefficient (Wildman–Crippen LogP) is 5.68. The number of alkyl halides is 2. The third kappa shape index (κ3) is 11.0. The van der Waals surface area contributed by atoms with Crippen molar-refractivity contribution >= 4 is 31.9 Å². The molecule has 1 atom stereocenters. The standard InChI is InChI=1S/C12H24Br2/c1-2-3-4-5-6-7-8-9-10-12(14)11-13/h12H,2-11H2,1H3/t12-/m0/s1. The van der Waals surface area contributed by atoms with Crippen LogP contribution in [0, 0.1) is 0 Å². The highest BCUT2D eigenvalue weighted by Crippen LogP contribution is 2.15. The molecule has 0 nitrogen and oxygen atoms in total. The quantitative estimate of drug-likeness (QED) is 0.358. The summed E-state index contributed by atoms with van der Waals surface area (Å²) in [7, 11) is 0. The van der Waals surface area contributed by atoms with Crippen molar-refractivity contribution in [2.45, 2.75) is 69.5 Å². The lowest BCUT2D eigenvalue weighted by Gasteiger charge is -2.05. The van der Waals surface area contributed by atoms with E-state index in [1.165, 1.54) is 57.8 Å². The second-order valence-corrected chi connectivity index (χ2v) is 5.96. The first-order chi connectivity index (χ1) is 6.81. The maximum absolute atomic E-state index is 3.63. The van der Waals surface area contributed by atoms with Gasteiger partial charge in [-0.15, -0.1) is 0 Å². The van der Waals surface area contributed by atoms with Gasteiger partial charge in [0, 0.05) is 10.2 Å². The van der Waals surface area contributed by atoms with Crippen molar-refractivity contribution in [3.63, 3.8) is 0 Å². The molecule has 0 aromatic rings. The highest BCUT2D eigenvalue weighted by atomic mass is 79.9. The van der Waals surface area contributed by atoms with Crippen molar-refractivity contribution in [1.82, 2.24) is 0 Å². The van der Waals surface area contributed by atoms with Crippen LogP contribution in [-0.4, -0.2) is 10.2 Å². The molecule has 14 heavy (non-hydrogen) atoms. The summed E-state index contributed by atoms with van der Waals surface area (Å²) in [5.41, 5.74) is 0. The molecular formula is C12H24Br2. The van der Waals surface area contributed by atoms with Crippen molar-refractivity contribution in [2.24, 2.45) is 0 Å². The van der Waals surface area contributed by atoms with Crippen molar-refractivity contribution in [3.05, 3.63) is 0 Å². The van der Waals surface area contributed by atoms with Gasteiger partial charge >= 0.3 is 0 Å². The fourth-order valence-corrected chi connectivity index (χ4v) is 2.22. The number of halogens is 2. The van der Waals surface area contributed by atoms with Gasteiger partial charge in [-0.3, -0.25) is 0 Å². The summed E-state index contributed by atoms with van der Waals surface area (Å²) in [5.74, 6) is 0. The molecule has 2 heteroatoms. The van der Waals surface area contributed by atoms with Crippen LogP contribution in [0.15, 0.2) is 0 Å². The fraction of sp³-hybridized carbons (Fsp3) is 1.00. The molecule has 0 aliphatic heterocycles. The number of hydrogen-bond acceptors (Lipinski definition) is 0. The minimum atomic E-state index is 0.683. The Morgan fingerprint density at radius 2 is 1.36 bits per heavy atom. The fourth-order valence-electron chi connectivity index (χ4n) is 1.58. The Kier molecular flexibility index (Phi) is 12.9. The first-order valence-corrected chi connectivity index (χ1v) is 8.05. The smallest absolute Gasteiger partial charge is 0.0242 e. The molecule has 0 unspecified atom stereocenters. The third-order valence-electron chi connectivity index (χ3n) is 2.54. The van der Waals surface area contributed by atoms with E-state index in [1.807, 2.05) is 0 Å². The molecule has 0 aromatic heterocycles. The Labute approximate surface area is 106 Å². The Morgan fingerprint density at radius 3 is 1.86 bits per heavy atom. The van der Waals surface area contributed by atoms with E-state index in [-0.39, 0.29) is 0 Å². The largest absolute Gasteiger partial charge is 0.0916 e. The molecule has 0 N–H and O–H groups in total. The van der Waals surface area contributed by atoms with Crippen LogP contribution in [0.1, 0.15) is 64.7 Å². The number of rotatable bonds is 10. The van der Waals surface area contributed by atoms with Gasteiger partial charge in [-0.1, -0.05) is 90.2 Å². The highest BCUT2D eigenvalue weighted by Gasteiger charge is 2.00. The van der Waals surface area contributed by atoms with Gasteiger partial charge in [0.1, 0.15) is 0 Å². The van der Waals surface area contributed by atoms with E-state index in [0.29, 0.717) is 4.83 Å². The van der Waals surface area contributed by atoms with Gasteiger partial charge in [0.25, 0.3) is 0 Å². The average Bonchev–Trinajstić information content (AvgIpc) is 2.21. The minimum absolute atomic E-state index is 0.683.